The van der Waals surface area contributed by atoms with Crippen LogP contribution in [-0.4, -0.2) is 50.1 Å². The summed E-state index contributed by atoms with van der Waals surface area (Å²) >= 11 is 0. The molecule has 1 aliphatic heterocycles. The number of amides is 1. The molecule has 1 saturated heterocycles. The highest BCUT2D eigenvalue weighted by atomic mass is 16.5. The van der Waals surface area contributed by atoms with E-state index in [0.29, 0.717) is 6.54 Å². The maximum Gasteiger partial charge on any atom is 0.325 e. The normalized spacial score (nSPS) is 24.4. The van der Waals surface area contributed by atoms with E-state index >= 15 is 0 Å². The van der Waals surface area contributed by atoms with Crippen molar-refractivity contribution in [2.24, 2.45) is 5.41 Å². The minimum Gasteiger partial charge on any atom is -0.468 e. The van der Waals surface area contributed by atoms with E-state index in [4.69, 9.17) is 0 Å². The molecule has 0 aromatic carbocycles. The molecule has 1 atom stereocenters. The molecule has 1 fully saturated rings. The van der Waals surface area contributed by atoms with Crippen molar-refractivity contribution in [3.63, 3.8) is 0 Å². The third-order valence-electron chi connectivity index (χ3n) is 3.32. The Kier molecular flexibility index (Phi) is 4.51. The number of carbonyl (C=O) groups is 2. The first-order chi connectivity index (χ1) is 7.89. The fourth-order valence-corrected chi connectivity index (χ4v) is 2.11. The Balaban J connectivity index is 2.78. The predicted octanol–water partition coefficient (Wildman–Crippen LogP) is 0.396. The minimum atomic E-state index is -0.368. The Bertz CT molecular complexity index is 302. The summed E-state index contributed by atoms with van der Waals surface area (Å²) in [5.41, 5.74) is 0.105. The zero-order valence-corrected chi connectivity index (χ0v) is 11.1. The Hall–Kier alpha value is -1.10. The van der Waals surface area contributed by atoms with Crippen LogP contribution in [0.15, 0.2) is 0 Å². The molecule has 0 saturated carbocycles. The van der Waals surface area contributed by atoms with Crippen LogP contribution in [0.3, 0.4) is 0 Å². The van der Waals surface area contributed by atoms with E-state index in [1.807, 2.05) is 0 Å². The average Bonchev–Trinajstić information content (AvgIpc) is 2.39. The van der Waals surface area contributed by atoms with E-state index in [0.717, 1.165) is 12.8 Å². The maximum absolute atomic E-state index is 12.2. The largest absolute Gasteiger partial charge is 0.468 e. The second kappa shape index (κ2) is 5.49. The van der Waals surface area contributed by atoms with E-state index in [1.54, 1.807) is 11.9 Å². The van der Waals surface area contributed by atoms with Crippen molar-refractivity contribution in [1.82, 2.24) is 10.2 Å². The van der Waals surface area contributed by atoms with Gasteiger partial charge in [-0.2, -0.15) is 0 Å². The van der Waals surface area contributed by atoms with E-state index in [9.17, 15) is 9.59 Å². The number of hydrogen-bond donors (Lipinski definition) is 1. The Labute approximate surface area is 102 Å². The molecule has 0 spiro atoms. The molecule has 5 heteroatoms. The molecule has 1 unspecified atom stereocenters. The summed E-state index contributed by atoms with van der Waals surface area (Å²) in [5, 5.41) is 3.03. The highest BCUT2D eigenvalue weighted by Crippen LogP contribution is 2.30. The van der Waals surface area contributed by atoms with Gasteiger partial charge in [-0.05, 0) is 25.3 Å². The van der Waals surface area contributed by atoms with Gasteiger partial charge < -0.3 is 15.0 Å². The van der Waals surface area contributed by atoms with E-state index in [1.165, 1.54) is 7.11 Å². The van der Waals surface area contributed by atoms with Gasteiger partial charge >= 0.3 is 5.97 Å². The van der Waals surface area contributed by atoms with Crippen molar-refractivity contribution in [3.8, 4) is 0 Å². The van der Waals surface area contributed by atoms with Crippen LogP contribution in [0.2, 0.25) is 0 Å². The first-order valence-electron chi connectivity index (χ1n) is 5.92. The molecule has 0 bridgehead atoms. The number of likely N-dealkylation sites (N-methyl/N-ethyl adjacent to an activating group) is 1. The lowest BCUT2D eigenvalue weighted by molar-refractivity contribution is -0.147. The van der Waals surface area contributed by atoms with Gasteiger partial charge in [0.15, 0.2) is 0 Å². The van der Waals surface area contributed by atoms with Gasteiger partial charge in [0.05, 0.1) is 13.2 Å². The Morgan fingerprint density at radius 3 is 2.76 bits per heavy atom. The smallest absolute Gasteiger partial charge is 0.325 e. The lowest BCUT2D eigenvalue weighted by Gasteiger charge is -2.24. The van der Waals surface area contributed by atoms with Gasteiger partial charge in [0.1, 0.15) is 6.54 Å². The fourth-order valence-electron chi connectivity index (χ4n) is 2.11. The molecule has 1 amide bonds. The highest BCUT2D eigenvalue weighted by Gasteiger charge is 2.35. The van der Waals surface area contributed by atoms with Gasteiger partial charge in [0.2, 0.25) is 5.91 Å². The van der Waals surface area contributed by atoms with Crippen LogP contribution in [0.5, 0.6) is 0 Å². The molecule has 98 valence electrons. The van der Waals surface area contributed by atoms with Crippen LogP contribution < -0.4 is 5.32 Å². The molecule has 1 rings (SSSR count). The van der Waals surface area contributed by atoms with Gasteiger partial charge in [-0.3, -0.25) is 9.59 Å². The summed E-state index contributed by atoms with van der Waals surface area (Å²) in [7, 11) is 3.12. The summed E-state index contributed by atoms with van der Waals surface area (Å²) in [6, 6.07) is -0.211. The lowest BCUT2D eigenvalue weighted by Crippen LogP contribution is -2.46. The van der Waals surface area contributed by atoms with Crippen LogP contribution in [0.1, 0.15) is 26.7 Å². The van der Waals surface area contributed by atoms with Gasteiger partial charge in [-0.1, -0.05) is 13.8 Å². The number of nitrogens with zero attached hydrogens (tertiary/aromatic N) is 1. The topological polar surface area (TPSA) is 58.6 Å². The van der Waals surface area contributed by atoms with Crippen molar-refractivity contribution in [3.05, 3.63) is 0 Å². The van der Waals surface area contributed by atoms with Crippen molar-refractivity contribution in [1.29, 1.82) is 0 Å². The van der Waals surface area contributed by atoms with Crippen LogP contribution in [0, 0.1) is 5.41 Å². The zero-order chi connectivity index (χ0) is 13.1. The third-order valence-corrected chi connectivity index (χ3v) is 3.32. The highest BCUT2D eigenvalue weighted by molar-refractivity contribution is 5.86. The maximum atomic E-state index is 12.2. The number of nitrogens with one attached hydrogen (secondary N) is 1. The monoisotopic (exact) mass is 242 g/mol. The Morgan fingerprint density at radius 2 is 2.24 bits per heavy atom. The summed E-state index contributed by atoms with van der Waals surface area (Å²) < 4.78 is 4.61. The molecule has 17 heavy (non-hydrogen) atoms. The summed E-state index contributed by atoms with van der Waals surface area (Å²) in [4.78, 5) is 25.0. The first-order valence-corrected chi connectivity index (χ1v) is 5.92. The molecule has 1 heterocycles. The molecule has 0 radical (unpaired) electrons. The molecular formula is C12H22N2O3. The zero-order valence-electron chi connectivity index (χ0n) is 11.1. The summed E-state index contributed by atoms with van der Waals surface area (Å²) in [6.45, 7) is 4.95. The van der Waals surface area contributed by atoms with Gasteiger partial charge in [0, 0.05) is 6.54 Å². The quantitative estimate of drug-likeness (QED) is 0.728. The fraction of sp³-hybridized carbons (Fsp3) is 0.833. The SMILES string of the molecule is CNC1CC(C)(C)CCN(CC(=O)OC)C1=O. The molecule has 0 aliphatic carbocycles. The number of esters is 1. The summed E-state index contributed by atoms with van der Waals surface area (Å²) in [6.07, 6.45) is 1.69. The second-order valence-electron chi connectivity index (χ2n) is 5.30. The van der Waals surface area contributed by atoms with E-state index in [-0.39, 0.29) is 29.9 Å². The van der Waals surface area contributed by atoms with Gasteiger partial charge in [-0.15, -0.1) is 0 Å². The molecule has 0 aromatic heterocycles. The lowest BCUT2D eigenvalue weighted by atomic mass is 9.83. The molecule has 1 N–H and O–H groups in total. The molecule has 5 nitrogen and oxygen atoms in total. The van der Waals surface area contributed by atoms with Gasteiger partial charge in [-0.25, -0.2) is 0 Å². The second-order valence-corrected chi connectivity index (χ2v) is 5.30. The predicted molar refractivity (Wildman–Crippen MR) is 64.5 cm³/mol. The third kappa shape index (κ3) is 3.70. The van der Waals surface area contributed by atoms with Gasteiger partial charge in [0.25, 0.3) is 0 Å². The molecule has 0 aromatic rings. The summed E-state index contributed by atoms with van der Waals surface area (Å²) in [5.74, 6) is -0.378. The number of methoxy groups -OCH3 is 1. The van der Waals surface area contributed by atoms with Crippen molar-refractivity contribution >= 4 is 11.9 Å². The van der Waals surface area contributed by atoms with E-state index < -0.39 is 0 Å². The number of ether oxygens (including phenoxy) is 1. The first kappa shape index (κ1) is 14.0. The molecule has 1 aliphatic rings. The van der Waals surface area contributed by atoms with E-state index in [2.05, 4.69) is 23.9 Å². The number of rotatable bonds is 3. The van der Waals surface area contributed by atoms with Crippen LogP contribution in [0.25, 0.3) is 0 Å². The minimum absolute atomic E-state index is 0.0107. The number of carbonyl (C=O) groups excluding carboxylic acids is 2. The molecular weight excluding hydrogens is 220 g/mol. The van der Waals surface area contributed by atoms with Crippen molar-refractivity contribution in [2.45, 2.75) is 32.7 Å². The van der Waals surface area contributed by atoms with Crippen LogP contribution in [-0.2, 0) is 14.3 Å². The average molecular weight is 242 g/mol. The number of likely N-dealkylation sites (tertiary alicyclic amines) is 1. The Morgan fingerprint density at radius 1 is 1.59 bits per heavy atom. The van der Waals surface area contributed by atoms with Crippen molar-refractivity contribution in [2.75, 3.05) is 27.2 Å². The van der Waals surface area contributed by atoms with Crippen LogP contribution in [0.4, 0.5) is 0 Å². The number of hydrogen-bond acceptors (Lipinski definition) is 4. The standard InChI is InChI=1S/C12H22N2O3/c1-12(2)5-6-14(8-10(15)17-4)11(16)9(7-12)13-3/h9,13H,5-8H2,1-4H3. The van der Waals surface area contributed by atoms with Crippen molar-refractivity contribution < 1.29 is 14.3 Å². The van der Waals surface area contributed by atoms with Crippen LogP contribution >= 0.6 is 0 Å².